The van der Waals surface area contributed by atoms with Crippen LogP contribution in [0, 0.1) is 6.92 Å². The van der Waals surface area contributed by atoms with Crippen LogP contribution in [-0.2, 0) is 14.2 Å². The lowest BCUT2D eigenvalue weighted by atomic mass is 10.2. The van der Waals surface area contributed by atoms with Crippen molar-refractivity contribution in [2.45, 2.75) is 18.2 Å². The van der Waals surface area contributed by atoms with Crippen molar-refractivity contribution in [3.63, 3.8) is 0 Å². The SMILES string of the molecule is Cc1cc(SOOO)ccc1NC(=O)CCCl. The maximum absolute atomic E-state index is 11.3. The molecule has 0 aliphatic carbocycles. The third-order valence-corrected chi connectivity index (χ3v) is 2.72. The highest BCUT2D eigenvalue weighted by Crippen LogP contribution is 2.24. The largest absolute Gasteiger partial charge is 0.326 e. The molecule has 0 heterocycles. The standard InChI is InChI=1S/C10H12ClNO4S/c1-7-6-8(17-16-15-14)2-3-9(7)12-10(13)4-5-11/h2-3,6,14H,4-5H2,1H3,(H,12,13). The van der Waals surface area contributed by atoms with Crippen LogP contribution in [0.25, 0.3) is 0 Å². The second-order valence-corrected chi connectivity index (χ2v) is 4.34. The third-order valence-electron chi connectivity index (χ3n) is 1.95. The molecule has 0 atom stereocenters. The summed E-state index contributed by atoms with van der Waals surface area (Å²) in [6.07, 6.45) is 0.277. The molecule has 0 fully saturated rings. The molecule has 5 nitrogen and oxygen atoms in total. The number of alkyl halides is 1. The first-order valence-electron chi connectivity index (χ1n) is 4.78. The first kappa shape index (κ1) is 14.3. The molecule has 0 saturated heterocycles. The fourth-order valence-corrected chi connectivity index (χ4v) is 1.81. The summed E-state index contributed by atoms with van der Waals surface area (Å²) in [5.74, 6) is 0.166. The van der Waals surface area contributed by atoms with E-state index >= 15 is 0 Å². The average molecular weight is 278 g/mol. The van der Waals surface area contributed by atoms with Gasteiger partial charge in [-0.3, -0.25) is 4.79 Å². The van der Waals surface area contributed by atoms with Crippen LogP contribution in [0.15, 0.2) is 23.1 Å². The van der Waals surface area contributed by atoms with E-state index in [0.717, 1.165) is 28.2 Å². The molecule has 0 aromatic heterocycles. The van der Waals surface area contributed by atoms with Gasteiger partial charge >= 0.3 is 0 Å². The third kappa shape index (κ3) is 4.93. The van der Waals surface area contributed by atoms with Gasteiger partial charge in [-0.2, -0.15) is 0 Å². The minimum absolute atomic E-state index is 0.126. The highest BCUT2D eigenvalue weighted by Gasteiger charge is 2.05. The number of amides is 1. The summed E-state index contributed by atoms with van der Waals surface area (Å²) in [4.78, 5) is 12.1. The van der Waals surface area contributed by atoms with Gasteiger partial charge in [-0.05, 0) is 30.7 Å². The molecule has 2 N–H and O–H groups in total. The number of carbonyl (C=O) groups is 1. The van der Waals surface area contributed by atoms with E-state index in [4.69, 9.17) is 16.9 Å². The molecule has 7 heteroatoms. The predicted molar refractivity (Wildman–Crippen MR) is 65.8 cm³/mol. The molecule has 1 aromatic carbocycles. The van der Waals surface area contributed by atoms with E-state index in [1.807, 2.05) is 6.92 Å². The Labute approximate surface area is 108 Å². The van der Waals surface area contributed by atoms with E-state index in [2.05, 4.69) is 14.7 Å². The Bertz CT molecular complexity index is 389. The summed E-state index contributed by atoms with van der Waals surface area (Å²) in [7, 11) is 0. The number of halogens is 1. The second kappa shape index (κ2) is 7.52. The van der Waals surface area contributed by atoms with E-state index < -0.39 is 0 Å². The lowest BCUT2D eigenvalue weighted by Gasteiger charge is -2.08. The van der Waals surface area contributed by atoms with Crippen molar-refractivity contribution < 1.29 is 19.4 Å². The number of aryl methyl sites for hydroxylation is 1. The molecule has 1 rings (SSSR count). The highest BCUT2D eigenvalue weighted by molar-refractivity contribution is 7.94. The molecule has 0 saturated carbocycles. The van der Waals surface area contributed by atoms with E-state index in [1.54, 1.807) is 18.2 Å². The summed E-state index contributed by atoms with van der Waals surface area (Å²) in [6.45, 7) is 1.85. The van der Waals surface area contributed by atoms with Crippen molar-refractivity contribution in [3.05, 3.63) is 23.8 Å². The van der Waals surface area contributed by atoms with Crippen molar-refractivity contribution in [2.24, 2.45) is 0 Å². The van der Waals surface area contributed by atoms with Crippen LogP contribution in [0.4, 0.5) is 5.69 Å². The van der Waals surface area contributed by atoms with Gasteiger partial charge < -0.3 is 5.32 Å². The van der Waals surface area contributed by atoms with Crippen LogP contribution in [0.1, 0.15) is 12.0 Å². The molecule has 17 heavy (non-hydrogen) atoms. The van der Waals surface area contributed by atoms with Crippen molar-refractivity contribution in [1.82, 2.24) is 0 Å². The van der Waals surface area contributed by atoms with E-state index in [1.165, 1.54) is 0 Å². The van der Waals surface area contributed by atoms with Gasteiger partial charge in [0.05, 0.1) is 12.0 Å². The van der Waals surface area contributed by atoms with Gasteiger partial charge in [0.25, 0.3) is 0 Å². The van der Waals surface area contributed by atoms with Gasteiger partial charge in [0.2, 0.25) is 5.91 Å². The van der Waals surface area contributed by atoms with Gasteiger partial charge in [-0.25, -0.2) is 5.26 Å². The van der Waals surface area contributed by atoms with Gasteiger partial charge in [0.1, 0.15) is 0 Å². The fraction of sp³-hybridized carbons (Fsp3) is 0.300. The molecule has 0 unspecified atom stereocenters. The van der Waals surface area contributed by atoms with Crippen molar-refractivity contribution in [1.29, 1.82) is 0 Å². The Morgan fingerprint density at radius 1 is 1.59 bits per heavy atom. The Morgan fingerprint density at radius 3 is 2.94 bits per heavy atom. The van der Waals surface area contributed by atoms with Crippen LogP contribution < -0.4 is 5.32 Å². The Morgan fingerprint density at radius 2 is 2.35 bits per heavy atom. The Kier molecular flexibility index (Phi) is 6.31. The Balaban J connectivity index is 2.65. The van der Waals surface area contributed by atoms with Gasteiger partial charge in [0, 0.05) is 22.9 Å². The lowest BCUT2D eigenvalue weighted by Crippen LogP contribution is -2.12. The van der Waals surface area contributed by atoms with E-state index in [0.29, 0.717) is 5.88 Å². The zero-order valence-electron chi connectivity index (χ0n) is 9.10. The topological polar surface area (TPSA) is 67.8 Å². The van der Waals surface area contributed by atoms with Crippen LogP contribution in [0.2, 0.25) is 0 Å². The van der Waals surface area contributed by atoms with Crippen LogP contribution >= 0.6 is 23.6 Å². The summed E-state index contributed by atoms with van der Waals surface area (Å²) in [5.41, 5.74) is 1.59. The highest BCUT2D eigenvalue weighted by atomic mass is 35.5. The molecule has 94 valence electrons. The number of hydrogen-bond donors (Lipinski definition) is 2. The zero-order chi connectivity index (χ0) is 12.7. The lowest BCUT2D eigenvalue weighted by molar-refractivity contribution is -0.432. The number of hydrogen-bond acceptors (Lipinski definition) is 5. The van der Waals surface area contributed by atoms with Crippen LogP contribution in [0.3, 0.4) is 0 Å². The number of carbonyl (C=O) groups excluding carboxylic acids is 1. The molecule has 0 spiro atoms. The molecule has 0 aliphatic heterocycles. The predicted octanol–water partition coefficient (Wildman–Crippen LogP) is 2.99. The smallest absolute Gasteiger partial charge is 0.225 e. The molecular formula is C10H12ClNO4S. The number of rotatable bonds is 6. The Hall–Kier alpha value is -0.790. The van der Waals surface area contributed by atoms with Crippen LogP contribution in [-0.4, -0.2) is 17.0 Å². The zero-order valence-corrected chi connectivity index (χ0v) is 10.7. The number of anilines is 1. The van der Waals surface area contributed by atoms with Gasteiger partial charge in [-0.15, -0.1) is 15.9 Å². The fourth-order valence-electron chi connectivity index (χ4n) is 1.18. The summed E-state index contributed by atoms with van der Waals surface area (Å²) < 4.78 is 4.30. The molecule has 1 amide bonds. The summed E-state index contributed by atoms with van der Waals surface area (Å²) >= 11 is 6.33. The normalized spacial score (nSPS) is 10.3. The molecular weight excluding hydrogens is 266 g/mol. The monoisotopic (exact) mass is 277 g/mol. The number of nitrogens with one attached hydrogen (secondary N) is 1. The average Bonchev–Trinajstić information content (AvgIpc) is 2.30. The second-order valence-electron chi connectivity index (χ2n) is 3.19. The minimum Gasteiger partial charge on any atom is -0.326 e. The van der Waals surface area contributed by atoms with Crippen molar-refractivity contribution in [2.75, 3.05) is 11.2 Å². The quantitative estimate of drug-likeness (QED) is 0.362. The molecule has 0 aliphatic rings. The van der Waals surface area contributed by atoms with Gasteiger partial charge in [0.15, 0.2) is 0 Å². The maximum atomic E-state index is 11.3. The molecule has 1 aromatic rings. The maximum Gasteiger partial charge on any atom is 0.225 e. The first-order chi connectivity index (χ1) is 8.17. The summed E-state index contributed by atoms with van der Waals surface area (Å²) in [6, 6.07) is 5.26. The van der Waals surface area contributed by atoms with Crippen LogP contribution in [0.5, 0.6) is 0 Å². The number of benzene rings is 1. The van der Waals surface area contributed by atoms with E-state index in [-0.39, 0.29) is 12.3 Å². The molecule has 0 radical (unpaired) electrons. The minimum atomic E-state index is -0.126. The van der Waals surface area contributed by atoms with E-state index in [9.17, 15) is 4.79 Å². The van der Waals surface area contributed by atoms with Crippen molar-refractivity contribution in [3.8, 4) is 0 Å². The van der Waals surface area contributed by atoms with Gasteiger partial charge in [-0.1, -0.05) is 5.04 Å². The molecule has 0 bridgehead atoms. The van der Waals surface area contributed by atoms with Crippen molar-refractivity contribution >= 4 is 35.2 Å². The summed E-state index contributed by atoms with van der Waals surface area (Å²) in [5, 5.41) is 14.2. The first-order valence-corrected chi connectivity index (χ1v) is 6.06.